The number of benzene rings is 1. The van der Waals surface area contributed by atoms with E-state index in [1.54, 1.807) is 0 Å². The maximum Gasteiger partial charge on any atom is 0.239 e. The highest BCUT2D eigenvalue weighted by molar-refractivity contribution is 5.82. The first-order valence-electron chi connectivity index (χ1n) is 6.75. The molecule has 1 aliphatic rings. The van der Waals surface area contributed by atoms with Crippen molar-refractivity contribution in [1.82, 2.24) is 20.2 Å². The van der Waals surface area contributed by atoms with Crippen LogP contribution < -0.4 is 10.6 Å². The fourth-order valence-electron chi connectivity index (χ4n) is 2.38. The third-order valence-electron chi connectivity index (χ3n) is 3.54. The minimum Gasteiger partial charge on any atom is -0.378 e. The number of rotatable bonds is 3. The molecule has 0 saturated carbocycles. The van der Waals surface area contributed by atoms with Crippen molar-refractivity contribution in [2.45, 2.75) is 12.6 Å². The van der Waals surface area contributed by atoms with Crippen LogP contribution in [0.15, 0.2) is 24.3 Å². The minimum absolute atomic E-state index is 0.0447. The Morgan fingerprint density at radius 3 is 3.15 bits per heavy atom. The average Bonchev–Trinajstić information content (AvgIpc) is 2.83. The molecule has 6 nitrogen and oxygen atoms in total. The molecule has 6 heteroatoms. The molecule has 0 bridgehead atoms. The summed E-state index contributed by atoms with van der Waals surface area (Å²) in [5.74, 6) is 0.799. The Labute approximate surface area is 117 Å². The second-order valence-electron chi connectivity index (χ2n) is 4.88. The molecule has 2 aromatic rings. The molecule has 20 heavy (non-hydrogen) atoms. The number of nitrogens with zero attached hydrogens (tertiary/aromatic N) is 2. The van der Waals surface area contributed by atoms with Gasteiger partial charge in [-0.25, -0.2) is 4.98 Å². The van der Waals surface area contributed by atoms with Gasteiger partial charge in [-0.15, -0.1) is 0 Å². The number of morpholine rings is 1. The summed E-state index contributed by atoms with van der Waals surface area (Å²) in [7, 11) is 1.96. The van der Waals surface area contributed by atoms with Crippen molar-refractivity contribution in [2.75, 3.05) is 19.8 Å². The number of hydrogen-bond acceptors (Lipinski definition) is 4. The summed E-state index contributed by atoms with van der Waals surface area (Å²) in [6.45, 7) is 2.22. The number of carbonyl (C=O) groups is 1. The highest BCUT2D eigenvalue weighted by atomic mass is 16.5. The van der Waals surface area contributed by atoms with Crippen LogP contribution in [0, 0.1) is 0 Å². The van der Waals surface area contributed by atoms with Crippen LogP contribution >= 0.6 is 0 Å². The van der Waals surface area contributed by atoms with E-state index < -0.39 is 0 Å². The number of ether oxygens (including phenoxy) is 1. The summed E-state index contributed by atoms with van der Waals surface area (Å²) in [6.07, 6.45) is 0. The van der Waals surface area contributed by atoms with E-state index in [9.17, 15) is 4.79 Å². The molecule has 3 rings (SSSR count). The lowest BCUT2D eigenvalue weighted by Gasteiger charge is -2.22. The van der Waals surface area contributed by atoms with Gasteiger partial charge in [0.1, 0.15) is 11.9 Å². The predicted molar refractivity (Wildman–Crippen MR) is 75.2 cm³/mol. The lowest BCUT2D eigenvalue weighted by molar-refractivity contribution is -0.126. The Kier molecular flexibility index (Phi) is 3.66. The summed E-state index contributed by atoms with van der Waals surface area (Å²) in [5.41, 5.74) is 2.01. The maximum atomic E-state index is 12.0. The van der Waals surface area contributed by atoms with E-state index in [1.165, 1.54) is 0 Å². The van der Waals surface area contributed by atoms with Crippen LogP contribution in [0.4, 0.5) is 0 Å². The molecule has 2 N–H and O–H groups in total. The number of nitrogens with one attached hydrogen (secondary N) is 2. The third-order valence-corrected chi connectivity index (χ3v) is 3.54. The van der Waals surface area contributed by atoms with Gasteiger partial charge in [-0.1, -0.05) is 12.1 Å². The first-order valence-corrected chi connectivity index (χ1v) is 6.75. The van der Waals surface area contributed by atoms with Crippen LogP contribution in [0.3, 0.4) is 0 Å². The van der Waals surface area contributed by atoms with Crippen LogP contribution in [0.2, 0.25) is 0 Å². The normalized spacial score (nSPS) is 19.1. The Balaban J connectivity index is 1.67. The Morgan fingerprint density at radius 1 is 1.55 bits per heavy atom. The predicted octanol–water partition coefficient (Wildman–Crippen LogP) is 0.178. The molecule has 2 heterocycles. The van der Waals surface area contributed by atoms with Gasteiger partial charge in [-0.3, -0.25) is 4.79 Å². The lowest BCUT2D eigenvalue weighted by Crippen LogP contribution is -2.51. The van der Waals surface area contributed by atoms with Crippen molar-refractivity contribution in [1.29, 1.82) is 0 Å². The van der Waals surface area contributed by atoms with Crippen molar-refractivity contribution in [2.24, 2.45) is 7.05 Å². The Hall–Kier alpha value is -1.92. The van der Waals surface area contributed by atoms with Crippen molar-refractivity contribution in [3.8, 4) is 0 Å². The van der Waals surface area contributed by atoms with Gasteiger partial charge in [-0.05, 0) is 12.1 Å². The smallest absolute Gasteiger partial charge is 0.239 e. The zero-order valence-corrected chi connectivity index (χ0v) is 11.4. The molecule has 106 valence electrons. The molecule has 1 saturated heterocycles. The molecule has 1 unspecified atom stereocenters. The molecule has 1 aliphatic heterocycles. The monoisotopic (exact) mass is 274 g/mol. The number of amides is 1. The fraction of sp³-hybridized carbons (Fsp3) is 0.429. The number of aryl methyl sites for hydroxylation is 1. The van der Waals surface area contributed by atoms with E-state index in [1.807, 2.05) is 35.9 Å². The van der Waals surface area contributed by atoms with Crippen molar-refractivity contribution in [3.05, 3.63) is 30.1 Å². The van der Waals surface area contributed by atoms with Crippen LogP contribution in [0.1, 0.15) is 5.82 Å². The molecule has 0 aliphatic carbocycles. The Bertz CT molecular complexity index is 617. The van der Waals surface area contributed by atoms with Gasteiger partial charge in [0.25, 0.3) is 0 Å². The molecular weight excluding hydrogens is 256 g/mol. The number of aromatic nitrogens is 2. The highest BCUT2D eigenvalue weighted by Crippen LogP contribution is 2.13. The van der Waals surface area contributed by atoms with Crippen LogP contribution in [0.25, 0.3) is 11.0 Å². The minimum atomic E-state index is -0.265. The second kappa shape index (κ2) is 5.60. The van der Waals surface area contributed by atoms with Crippen molar-refractivity contribution < 1.29 is 9.53 Å². The lowest BCUT2D eigenvalue weighted by atomic mass is 10.2. The SMILES string of the molecule is Cn1c(CNC(=O)C2COCCN2)nc2ccccc21. The molecule has 1 amide bonds. The summed E-state index contributed by atoms with van der Waals surface area (Å²) in [5, 5.41) is 6.04. The zero-order valence-electron chi connectivity index (χ0n) is 11.4. The summed E-state index contributed by atoms with van der Waals surface area (Å²) >= 11 is 0. The third kappa shape index (κ3) is 2.52. The van der Waals surface area contributed by atoms with Gasteiger partial charge in [-0.2, -0.15) is 0 Å². The van der Waals surface area contributed by atoms with Crippen LogP contribution in [0.5, 0.6) is 0 Å². The van der Waals surface area contributed by atoms with Gasteiger partial charge >= 0.3 is 0 Å². The molecule has 1 aromatic heterocycles. The summed E-state index contributed by atoms with van der Waals surface area (Å²) in [4.78, 5) is 16.5. The zero-order chi connectivity index (χ0) is 13.9. The van der Waals surface area contributed by atoms with Crippen molar-refractivity contribution in [3.63, 3.8) is 0 Å². The first kappa shape index (κ1) is 13.1. The number of hydrogen-bond donors (Lipinski definition) is 2. The van der Waals surface area contributed by atoms with Gasteiger partial charge in [0, 0.05) is 13.6 Å². The van der Waals surface area contributed by atoms with E-state index >= 15 is 0 Å². The molecule has 0 radical (unpaired) electrons. The Morgan fingerprint density at radius 2 is 2.40 bits per heavy atom. The van der Waals surface area contributed by atoms with Gasteiger partial charge < -0.3 is 19.9 Å². The maximum absolute atomic E-state index is 12.0. The quantitative estimate of drug-likeness (QED) is 0.837. The van der Waals surface area contributed by atoms with Crippen molar-refractivity contribution >= 4 is 16.9 Å². The molecule has 0 spiro atoms. The van der Waals surface area contributed by atoms with E-state index in [4.69, 9.17) is 4.74 Å². The standard InChI is InChI=1S/C14H18N4O2/c1-18-12-5-3-2-4-10(12)17-13(18)8-16-14(19)11-9-20-7-6-15-11/h2-5,11,15H,6-9H2,1H3,(H,16,19). The largest absolute Gasteiger partial charge is 0.378 e. The topological polar surface area (TPSA) is 68.2 Å². The molecule has 1 fully saturated rings. The number of para-hydroxylation sites is 2. The highest BCUT2D eigenvalue weighted by Gasteiger charge is 2.21. The summed E-state index contributed by atoms with van der Waals surface area (Å²) < 4.78 is 7.28. The molecule has 1 aromatic carbocycles. The van der Waals surface area contributed by atoms with Gasteiger partial charge in [0.05, 0.1) is 30.8 Å². The molecule has 1 atom stereocenters. The van der Waals surface area contributed by atoms with Crippen LogP contribution in [-0.2, 0) is 23.1 Å². The molecular formula is C14H18N4O2. The van der Waals surface area contributed by atoms with E-state index in [2.05, 4.69) is 15.6 Å². The van der Waals surface area contributed by atoms with E-state index in [0.29, 0.717) is 26.3 Å². The van der Waals surface area contributed by atoms with Crippen LogP contribution in [-0.4, -0.2) is 41.3 Å². The average molecular weight is 274 g/mol. The second-order valence-corrected chi connectivity index (χ2v) is 4.88. The number of fused-ring (bicyclic) bond motifs is 1. The fourth-order valence-corrected chi connectivity index (χ4v) is 2.38. The van der Waals surface area contributed by atoms with E-state index in [0.717, 1.165) is 16.9 Å². The number of imidazole rings is 1. The number of carbonyl (C=O) groups excluding carboxylic acids is 1. The van der Waals surface area contributed by atoms with Gasteiger partial charge in [0.15, 0.2) is 0 Å². The first-order chi connectivity index (χ1) is 9.75. The van der Waals surface area contributed by atoms with Gasteiger partial charge in [0.2, 0.25) is 5.91 Å². The van der Waals surface area contributed by atoms with E-state index in [-0.39, 0.29) is 11.9 Å². The summed E-state index contributed by atoms with van der Waals surface area (Å²) in [6, 6.07) is 7.66.